The number of piperidine rings is 1. The van der Waals surface area contributed by atoms with Gasteiger partial charge in [-0.05, 0) is 25.0 Å². The van der Waals surface area contributed by atoms with E-state index in [2.05, 4.69) is 4.90 Å². The van der Waals surface area contributed by atoms with E-state index >= 15 is 0 Å². The van der Waals surface area contributed by atoms with Gasteiger partial charge in [-0.3, -0.25) is 9.59 Å². The molecule has 2 aliphatic rings. The molecule has 2 aliphatic heterocycles. The molecular weight excluding hydrogens is 340 g/mol. The van der Waals surface area contributed by atoms with E-state index in [1.807, 2.05) is 29.2 Å². The topological polar surface area (TPSA) is 71.1 Å². The summed E-state index contributed by atoms with van der Waals surface area (Å²) in [5, 5.41) is 0.748. The minimum atomic E-state index is -0.238. The summed E-state index contributed by atoms with van der Waals surface area (Å²) >= 11 is 6.26. The number of nitrogens with zero attached hydrogens (tertiary/aromatic N) is 2. The summed E-state index contributed by atoms with van der Waals surface area (Å²) in [5.41, 5.74) is 6.45. The van der Waals surface area contributed by atoms with Crippen LogP contribution in [0.2, 0.25) is 5.02 Å². The van der Waals surface area contributed by atoms with Crippen LogP contribution in [0.4, 0.5) is 5.69 Å². The van der Waals surface area contributed by atoms with Gasteiger partial charge in [-0.25, -0.2) is 0 Å². The molecule has 0 spiro atoms. The van der Waals surface area contributed by atoms with Crippen molar-refractivity contribution in [3.05, 3.63) is 29.3 Å². The van der Waals surface area contributed by atoms with E-state index in [0.717, 1.165) is 43.2 Å². The molecule has 2 fully saturated rings. The van der Waals surface area contributed by atoms with Gasteiger partial charge in [0, 0.05) is 26.2 Å². The molecule has 0 bridgehead atoms. The predicted molar refractivity (Wildman–Crippen MR) is 97.7 cm³/mol. The Bertz CT molecular complexity index is 631. The number of nitrogens with two attached hydrogens (primary N) is 1. The highest BCUT2D eigenvalue weighted by molar-refractivity contribution is 6.33. The predicted octanol–water partition coefficient (Wildman–Crippen LogP) is -0.231. The van der Waals surface area contributed by atoms with Crippen molar-refractivity contribution in [2.45, 2.75) is 12.8 Å². The third kappa shape index (κ3) is 4.44. The van der Waals surface area contributed by atoms with Crippen LogP contribution in [0, 0.1) is 5.92 Å². The van der Waals surface area contributed by atoms with Gasteiger partial charge in [-0.1, -0.05) is 23.7 Å². The molecular formula is C18H26ClN4O2+. The number of para-hydroxylation sites is 1. The smallest absolute Gasteiger partial charge is 0.277 e. The number of anilines is 1. The maximum Gasteiger partial charge on any atom is 0.277 e. The van der Waals surface area contributed by atoms with Crippen LogP contribution in [-0.2, 0) is 9.59 Å². The molecule has 0 saturated carbocycles. The normalized spacial score (nSPS) is 24.2. The first-order chi connectivity index (χ1) is 12.0. The van der Waals surface area contributed by atoms with Crippen molar-refractivity contribution in [3.63, 3.8) is 0 Å². The van der Waals surface area contributed by atoms with Gasteiger partial charge in [0.05, 0.1) is 29.7 Å². The number of carbonyl (C=O) groups is 2. The van der Waals surface area contributed by atoms with Crippen molar-refractivity contribution >= 4 is 29.1 Å². The van der Waals surface area contributed by atoms with Crippen LogP contribution in [-0.4, -0.2) is 62.5 Å². The van der Waals surface area contributed by atoms with E-state index in [9.17, 15) is 9.59 Å². The molecule has 3 N–H and O–H groups in total. The van der Waals surface area contributed by atoms with Gasteiger partial charge in [0.1, 0.15) is 0 Å². The van der Waals surface area contributed by atoms with Crippen molar-refractivity contribution in [3.8, 4) is 0 Å². The van der Waals surface area contributed by atoms with Crippen LogP contribution in [0.5, 0.6) is 0 Å². The average Bonchev–Trinajstić information content (AvgIpc) is 2.62. The summed E-state index contributed by atoms with van der Waals surface area (Å²) in [6, 6.07) is 7.81. The molecule has 1 unspecified atom stereocenters. The van der Waals surface area contributed by atoms with Crippen molar-refractivity contribution in [2.75, 3.05) is 50.7 Å². The second-order valence-corrected chi connectivity index (χ2v) is 7.35. The Morgan fingerprint density at radius 2 is 1.92 bits per heavy atom. The summed E-state index contributed by atoms with van der Waals surface area (Å²) in [5.74, 6) is -0.162. The number of likely N-dealkylation sites (tertiary alicyclic amines) is 1. The molecule has 1 aromatic carbocycles. The number of hydrogen-bond acceptors (Lipinski definition) is 3. The number of carbonyl (C=O) groups excluding carboxylic acids is 2. The largest absolute Gasteiger partial charge is 0.369 e. The zero-order valence-corrected chi connectivity index (χ0v) is 15.2. The number of rotatable bonds is 4. The van der Waals surface area contributed by atoms with E-state index in [0.29, 0.717) is 26.2 Å². The Balaban J connectivity index is 1.50. The van der Waals surface area contributed by atoms with Crippen molar-refractivity contribution in [2.24, 2.45) is 11.7 Å². The fraction of sp³-hybridized carbons (Fsp3) is 0.556. The highest BCUT2D eigenvalue weighted by Crippen LogP contribution is 2.25. The molecule has 0 aromatic heterocycles. The molecule has 2 saturated heterocycles. The van der Waals surface area contributed by atoms with Gasteiger partial charge in [-0.15, -0.1) is 0 Å². The number of nitrogens with one attached hydrogen (secondary N) is 1. The second kappa shape index (κ2) is 8.06. The van der Waals surface area contributed by atoms with E-state index in [1.54, 1.807) is 0 Å². The third-order valence-electron chi connectivity index (χ3n) is 5.25. The Hall–Kier alpha value is -1.79. The van der Waals surface area contributed by atoms with E-state index in [4.69, 9.17) is 17.3 Å². The van der Waals surface area contributed by atoms with Gasteiger partial charge >= 0.3 is 0 Å². The SMILES string of the molecule is NC(=O)[C@@H]1CCC[NH+](CC(=O)N2CCN(c3ccccc3Cl)CC2)C1. The van der Waals surface area contributed by atoms with E-state index < -0.39 is 0 Å². The first kappa shape index (κ1) is 18.0. The number of hydrogen-bond donors (Lipinski definition) is 2. The molecule has 1 aromatic rings. The minimum Gasteiger partial charge on any atom is -0.369 e. The fourth-order valence-corrected chi connectivity index (χ4v) is 4.04. The van der Waals surface area contributed by atoms with Crippen molar-refractivity contribution in [1.29, 1.82) is 0 Å². The summed E-state index contributed by atoms with van der Waals surface area (Å²) in [6.07, 6.45) is 1.81. The fourth-order valence-electron chi connectivity index (χ4n) is 3.79. The molecule has 0 aliphatic carbocycles. The zero-order valence-electron chi connectivity index (χ0n) is 14.4. The number of amides is 2. The maximum atomic E-state index is 12.6. The van der Waals surface area contributed by atoms with E-state index in [1.165, 1.54) is 4.90 Å². The van der Waals surface area contributed by atoms with E-state index in [-0.39, 0.29) is 17.7 Å². The van der Waals surface area contributed by atoms with Gasteiger partial charge in [0.15, 0.2) is 6.54 Å². The van der Waals surface area contributed by atoms with Crippen LogP contribution in [0.25, 0.3) is 0 Å². The highest BCUT2D eigenvalue weighted by Gasteiger charge is 2.30. The summed E-state index contributed by atoms with van der Waals surface area (Å²) in [7, 11) is 0. The van der Waals surface area contributed by atoms with Gasteiger partial charge in [0.25, 0.3) is 5.91 Å². The van der Waals surface area contributed by atoms with Crippen molar-refractivity contribution in [1.82, 2.24) is 4.90 Å². The Morgan fingerprint density at radius 3 is 2.60 bits per heavy atom. The minimum absolute atomic E-state index is 0.0892. The lowest BCUT2D eigenvalue weighted by molar-refractivity contribution is -0.899. The van der Waals surface area contributed by atoms with Crippen LogP contribution >= 0.6 is 11.6 Å². The number of halogens is 1. The number of quaternary nitrogens is 1. The summed E-state index contributed by atoms with van der Waals surface area (Å²) in [6.45, 7) is 5.06. The molecule has 7 heteroatoms. The Labute approximate surface area is 153 Å². The lowest BCUT2D eigenvalue weighted by Crippen LogP contribution is -3.15. The summed E-state index contributed by atoms with van der Waals surface area (Å²) in [4.78, 5) is 29.3. The molecule has 2 heterocycles. The molecule has 25 heavy (non-hydrogen) atoms. The monoisotopic (exact) mass is 365 g/mol. The standard InChI is InChI=1S/C18H25ClN4O2/c19-15-5-1-2-6-16(15)22-8-10-23(11-9-22)17(24)13-21-7-3-4-14(12-21)18(20)25/h1-2,5-6,14H,3-4,7-13H2,(H2,20,25)/p+1/t14-/m1/s1. The van der Waals surface area contributed by atoms with Gasteiger partial charge in [0.2, 0.25) is 5.91 Å². The quantitative estimate of drug-likeness (QED) is 0.774. The Morgan fingerprint density at radius 1 is 1.20 bits per heavy atom. The van der Waals surface area contributed by atoms with Crippen LogP contribution in [0.1, 0.15) is 12.8 Å². The molecule has 6 nitrogen and oxygen atoms in total. The highest BCUT2D eigenvalue weighted by atomic mass is 35.5. The lowest BCUT2D eigenvalue weighted by atomic mass is 9.97. The molecule has 0 radical (unpaired) electrons. The lowest BCUT2D eigenvalue weighted by Gasteiger charge is -2.37. The van der Waals surface area contributed by atoms with Gasteiger partial charge in [-0.2, -0.15) is 0 Å². The maximum absolute atomic E-state index is 12.6. The molecule has 2 atom stereocenters. The van der Waals surface area contributed by atoms with Crippen LogP contribution < -0.4 is 15.5 Å². The average molecular weight is 366 g/mol. The zero-order chi connectivity index (χ0) is 17.8. The first-order valence-electron chi connectivity index (χ1n) is 8.94. The Kier molecular flexibility index (Phi) is 5.81. The third-order valence-corrected chi connectivity index (χ3v) is 5.57. The first-order valence-corrected chi connectivity index (χ1v) is 9.32. The van der Waals surface area contributed by atoms with Crippen molar-refractivity contribution < 1.29 is 14.5 Å². The van der Waals surface area contributed by atoms with Crippen LogP contribution in [0.3, 0.4) is 0 Å². The number of primary amides is 1. The number of piperazine rings is 1. The molecule has 136 valence electrons. The molecule has 2 amide bonds. The second-order valence-electron chi connectivity index (χ2n) is 6.94. The van der Waals surface area contributed by atoms with Crippen LogP contribution in [0.15, 0.2) is 24.3 Å². The number of benzene rings is 1. The summed E-state index contributed by atoms with van der Waals surface area (Å²) < 4.78 is 0. The van der Waals surface area contributed by atoms with Gasteiger partial charge < -0.3 is 20.4 Å². The molecule has 3 rings (SSSR count).